The first-order chi connectivity index (χ1) is 7.84. The van der Waals surface area contributed by atoms with E-state index in [2.05, 4.69) is 10.3 Å². The highest BCUT2D eigenvalue weighted by Crippen LogP contribution is 2.30. The van der Waals surface area contributed by atoms with Crippen LogP contribution in [0.4, 0.5) is 0 Å². The number of H-pyrrole nitrogens is 1. The fourth-order valence-corrected chi connectivity index (χ4v) is 2.53. The van der Waals surface area contributed by atoms with Crippen molar-refractivity contribution in [1.29, 1.82) is 0 Å². The van der Waals surface area contributed by atoms with Crippen LogP contribution in [0.1, 0.15) is 12.0 Å². The Hall–Kier alpha value is -1.48. The zero-order valence-electron chi connectivity index (χ0n) is 9.16. The van der Waals surface area contributed by atoms with Crippen molar-refractivity contribution in [1.82, 2.24) is 10.3 Å². The molecule has 1 saturated heterocycles. The largest absolute Gasteiger partial charge is 0.507 e. The first-order valence-electron chi connectivity index (χ1n) is 5.83. The van der Waals surface area contributed by atoms with E-state index in [1.54, 1.807) is 0 Å². The Balaban J connectivity index is 1.93. The zero-order chi connectivity index (χ0) is 11.0. The summed E-state index contributed by atoms with van der Waals surface area (Å²) in [6.07, 6.45) is 4.05. The third-order valence-electron chi connectivity index (χ3n) is 3.46. The molecule has 0 bridgehead atoms. The van der Waals surface area contributed by atoms with E-state index in [9.17, 15) is 5.11 Å². The number of aromatic nitrogens is 1. The maximum Gasteiger partial charge on any atom is 0.128 e. The summed E-state index contributed by atoms with van der Waals surface area (Å²) in [5, 5.41) is 14.4. The molecule has 3 N–H and O–H groups in total. The summed E-state index contributed by atoms with van der Waals surface area (Å²) in [6, 6.07) is 6.01. The van der Waals surface area contributed by atoms with Gasteiger partial charge < -0.3 is 15.4 Å². The Labute approximate surface area is 94.5 Å². The van der Waals surface area contributed by atoms with Crippen LogP contribution in [-0.2, 0) is 6.42 Å². The Morgan fingerprint density at radius 1 is 1.31 bits per heavy atom. The number of aromatic hydroxyl groups is 1. The van der Waals surface area contributed by atoms with Gasteiger partial charge in [-0.25, -0.2) is 0 Å². The number of rotatable bonds is 2. The normalized spacial score (nSPS) is 20.6. The lowest BCUT2D eigenvalue weighted by atomic mass is 9.97. The summed E-state index contributed by atoms with van der Waals surface area (Å²) in [4.78, 5) is 3.11. The number of fused-ring (bicyclic) bond motifs is 1. The van der Waals surface area contributed by atoms with Gasteiger partial charge in [0.25, 0.3) is 0 Å². The van der Waals surface area contributed by atoms with E-state index in [-0.39, 0.29) is 0 Å². The van der Waals surface area contributed by atoms with Crippen LogP contribution >= 0.6 is 0 Å². The van der Waals surface area contributed by atoms with Crippen molar-refractivity contribution >= 4 is 10.9 Å². The maximum absolute atomic E-state index is 10.2. The van der Waals surface area contributed by atoms with Crippen molar-refractivity contribution in [2.24, 2.45) is 5.92 Å². The number of phenolic OH excluding ortho intramolecular Hbond substituents is 1. The Kier molecular flexibility index (Phi) is 2.33. The van der Waals surface area contributed by atoms with E-state index >= 15 is 0 Å². The minimum atomic E-state index is 0.450. The van der Waals surface area contributed by atoms with Gasteiger partial charge in [0.2, 0.25) is 0 Å². The number of hydrogen-bond acceptors (Lipinski definition) is 2. The first kappa shape index (κ1) is 9.73. The molecular weight excluding hydrogens is 200 g/mol. The van der Waals surface area contributed by atoms with Crippen LogP contribution < -0.4 is 5.32 Å². The van der Waals surface area contributed by atoms with Crippen molar-refractivity contribution in [3.63, 3.8) is 0 Å². The predicted molar refractivity (Wildman–Crippen MR) is 64.6 cm³/mol. The molecule has 2 aromatic rings. The van der Waals surface area contributed by atoms with Gasteiger partial charge in [-0.05, 0) is 49.5 Å². The van der Waals surface area contributed by atoms with E-state index in [0.717, 1.165) is 36.0 Å². The molecule has 0 aliphatic carbocycles. The van der Waals surface area contributed by atoms with Gasteiger partial charge in [0.15, 0.2) is 0 Å². The van der Waals surface area contributed by atoms with Gasteiger partial charge >= 0.3 is 0 Å². The molecule has 0 radical (unpaired) electrons. The first-order valence-corrected chi connectivity index (χ1v) is 5.83. The molecule has 0 amide bonds. The van der Waals surface area contributed by atoms with Crippen LogP contribution in [0.2, 0.25) is 0 Å². The second-order valence-corrected chi connectivity index (χ2v) is 4.58. The lowest BCUT2D eigenvalue weighted by Gasteiger charge is -2.10. The monoisotopic (exact) mass is 216 g/mol. The van der Waals surface area contributed by atoms with E-state index in [1.807, 2.05) is 24.4 Å². The third-order valence-corrected chi connectivity index (χ3v) is 3.46. The summed E-state index contributed by atoms with van der Waals surface area (Å²) in [5.41, 5.74) is 2.08. The van der Waals surface area contributed by atoms with Crippen LogP contribution in [0.25, 0.3) is 10.9 Å². The van der Waals surface area contributed by atoms with E-state index in [4.69, 9.17) is 0 Å². The van der Waals surface area contributed by atoms with E-state index in [1.165, 1.54) is 6.42 Å². The molecule has 3 rings (SSSR count). The molecule has 0 spiro atoms. The molecule has 3 heteroatoms. The van der Waals surface area contributed by atoms with E-state index < -0.39 is 0 Å². The summed E-state index contributed by atoms with van der Waals surface area (Å²) in [7, 11) is 0. The van der Waals surface area contributed by atoms with Crippen molar-refractivity contribution in [2.45, 2.75) is 12.8 Å². The molecule has 1 aliphatic heterocycles. The minimum absolute atomic E-state index is 0.450. The summed E-state index contributed by atoms with van der Waals surface area (Å²) in [6.45, 7) is 2.18. The highest BCUT2D eigenvalue weighted by Gasteiger charge is 2.17. The van der Waals surface area contributed by atoms with Gasteiger partial charge in [0.1, 0.15) is 5.75 Å². The number of nitrogens with one attached hydrogen (secondary N) is 2. The van der Waals surface area contributed by atoms with Crippen molar-refractivity contribution in [3.8, 4) is 5.75 Å². The number of aromatic amines is 1. The third kappa shape index (κ3) is 1.57. The molecule has 1 aromatic carbocycles. The molecule has 2 heterocycles. The molecule has 1 aromatic heterocycles. The van der Waals surface area contributed by atoms with Gasteiger partial charge in [-0.3, -0.25) is 0 Å². The lowest BCUT2D eigenvalue weighted by molar-refractivity contribution is 0.465. The van der Waals surface area contributed by atoms with Gasteiger partial charge in [-0.1, -0.05) is 6.07 Å². The van der Waals surface area contributed by atoms with Crippen LogP contribution in [0.15, 0.2) is 24.4 Å². The minimum Gasteiger partial charge on any atom is -0.507 e. The Morgan fingerprint density at radius 3 is 3.06 bits per heavy atom. The molecule has 1 unspecified atom stereocenters. The Bertz CT molecular complexity index is 498. The number of benzene rings is 1. The summed E-state index contributed by atoms with van der Waals surface area (Å²) < 4.78 is 0. The van der Waals surface area contributed by atoms with Crippen LogP contribution in [0.3, 0.4) is 0 Å². The van der Waals surface area contributed by atoms with Crippen molar-refractivity contribution < 1.29 is 5.11 Å². The lowest BCUT2D eigenvalue weighted by Crippen LogP contribution is -2.10. The highest BCUT2D eigenvalue weighted by molar-refractivity contribution is 5.86. The molecular formula is C13H16N2O. The van der Waals surface area contributed by atoms with Crippen molar-refractivity contribution in [2.75, 3.05) is 13.1 Å². The zero-order valence-corrected chi connectivity index (χ0v) is 9.16. The average molecular weight is 216 g/mol. The molecule has 1 fully saturated rings. The summed E-state index contributed by atoms with van der Waals surface area (Å²) in [5.74, 6) is 1.12. The predicted octanol–water partition coefficient (Wildman–Crippen LogP) is 2.03. The van der Waals surface area contributed by atoms with E-state index in [0.29, 0.717) is 11.7 Å². The average Bonchev–Trinajstić information content (AvgIpc) is 2.93. The molecule has 16 heavy (non-hydrogen) atoms. The van der Waals surface area contributed by atoms with Crippen LogP contribution in [-0.4, -0.2) is 23.2 Å². The Morgan fingerprint density at radius 2 is 2.25 bits per heavy atom. The molecule has 3 nitrogen and oxygen atoms in total. The smallest absolute Gasteiger partial charge is 0.128 e. The standard InChI is InChI=1S/C13H16N2O/c16-13-10(7-9-3-5-14-8-9)1-2-12-11(13)4-6-15-12/h1-2,4,6,9,14-16H,3,5,7-8H2. The summed E-state index contributed by atoms with van der Waals surface area (Å²) >= 11 is 0. The SMILES string of the molecule is Oc1c(CC2CCNC2)ccc2[nH]ccc12. The van der Waals surface area contributed by atoms with Crippen LogP contribution in [0.5, 0.6) is 5.75 Å². The van der Waals surface area contributed by atoms with Crippen LogP contribution in [0, 0.1) is 5.92 Å². The fraction of sp³-hybridized carbons (Fsp3) is 0.385. The van der Waals surface area contributed by atoms with Gasteiger partial charge in [0, 0.05) is 17.1 Å². The van der Waals surface area contributed by atoms with Gasteiger partial charge in [-0.15, -0.1) is 0 Å². The quantitative estimate of drug-likeness (QED) is 0.719. The number of hydrogen-bond donors (Lipinski definition) is 3. The van der Waals surface area contributed by atoms with Crippen molar-refractivity contribution in [3.05, 3.63) is 30.0 Å². The van der Waals surface area contributed by atoms with Gasteiger partial charge in [-0.2, -0.15) is 0 Å². The highest BCUT2D eigenvalue weighted by atomic mass is 16.3. The molecule has 1 aliphatic rings. The fourth-order valence-electron chi connectivity index (χ4n) is 2.53. The second-order valence-electron chi connectivity index (χ2n) is 4.58. The molecule has 1 atom stereocenters. The van der Waals surface area contributed by atoms with Gasteiger partial charge in [0.05, 0.1) is 0 Å². The second kappa shape index (κ2) is 3.83. The maximum atomic E-state index is 10.2. The molecule has 0 saturated carbocycles. The molecule has 84 valence electrons. The number of phenols is 1. The topological polar surface area (TPSA) is 48.0 Å².